The molecule has 1 aliphatic heterocycles. The fraction of sp³-hybridized carbons (Fsp3) is 0.429. The molecule has 0 radical (unpaired) electrons. The predicted molar refractivity (Wildman–Crippen MR) is 66.0 cm³/mol. The summed E-state index contributed by atoms with van der Waals surface area (Å²) in [4.78, 5) is 25.8. The van der Waals surface area contributed by atoms with Crippen LogP contribution in [0.5, 0.6) is 5.75 Å². The van der Waals surface area contributed by atoms with Crippen LogP contribution in [-0.4, -0.2) is 16.9 Å². The van der Waals surface area contributed by atoms with Crippen LogP contribution in [0.15, 0.2) is 24.3 Å². The number of fused-ring (bicyclic) bond motifs is 1. The van der Waals surface area contributed by atoms with Gasteiger partial charge in [-0.1, -0.05) is 18.9 Å². The fourth-order valence-electron chi connectivity index (χ4n) is 3.05. The van der Waals surface area contributed by atoms with E-state index in [1.54, 1.807) is 12.1 Å². The maximum atomic E-state index is 12.3. The zero-order chi connectivity index (χ0) is 12.7. The van der Waals surface area contributed by atoms with Crippen molar-refractivity contribution in [2.45, 2.75) is 25.7 Å². The number of nitrogens with zero attached hydrogens (tertiary/aromatic N) is 1. The van der Waals surface area contributed by atoms with Crippen molar-refractivity contribution in [3.63, 3.8) is 0 Å². The van der Waals surface area contributed by atoms with Gasteiger partial charge in [0.1, 0.15) is 5.75 Å². The molecule has 3 rings (SSSR count). The van der Waals surface area contributed by atoms with Crippen molar-refractivity contribution in [2.24, 2.45) is 11.8 Å². The molecule has 1 aromatic carbocycles. The largest absolute Gasteiger partial charge is 0.508 e. The number of amides is 2. The minimum Gasteiger partial charge on any atom is -0.508 e. The molecule has 18 heavy (non-hydrogen) atoms. The zero-order valence-corrected chi connectivity index (χ0v) is 10.0. The number of benzene rings is 1. The number of carbonyl (C=O) groups is 2. The highest BCUT2D eigenvalue weighted by Crippen LogP contribution is 2.40. The normalized spacial score (nSPS) is 27.4. The highest BCUT2D eigenvalue weighted by atomic mass is 16.3. The third kappa shape index (κ3) is 1.60. The Labute approximate surface area is 105 Å². The summed E-state index contributed by atoms with van der Waals surface area (Å²) in [6, 6.07) is 6.33. The van der Waals surface area contributed by atoms with Crippen LogP contribution in [0.4, 0.5) is 5.69 Å². The molecule has 1 N–H and O–H groups in total. The second-order valence-electron chi connectivity index (χ2n) is 5.03. The van der Waals surface area contributed by atoms with E-state index in [-0.39, 0.29) is 29.4 Å². The van der Waals surface area contributed by atoms with Gasteiger partial charge in [0, 0.05) is 6.07 Å². The standard InChI is InChI=1S/C14H15NO3/c16-10-5-3-4-9(8-10)15-13(17)11-6-1-2-7-12(11)14(15)18/h3-5,8,11-12,16H,1-2,6-7H2/t11-,12-/m1/s1. The average Bonchev–Trinajstić information content (AvgIpc) is 2.63. The van der Waals surface area contributed by atoms with E-state index < -0.39 is 0 Å². The van der Waals surface area contributed by atoms with Crippen LogP contribution in [0.2, 0.25) is 0 Å². The van der Waals surface area contributed by atoms with Crippen LogP contribution < -0.4 is 4.90 Å². The molecule has 4 nitrogen and oxygen atoms in total. The summed E-state index contributed by atoms with van der Waals surface area (Å²) in [5, 5.41) is 9.46. The van der Waals surface area contributed by atoms with Gasteiger partial charge in [-0.3, -0.25) is 9.59 Å². The quantitative estimate of drug-likeness (QED) is 0.770. The first-order valence-electron chi connectivity index (χ1n) is 6.35. The summed E-state index contributed by atoms with van der Waals surface area (Å²) >= 11 is 0. The van der Waals surface area contributed by atoms with E-state index in [9.17, 15) is 14.7 Å². The van der Waals surface area contributed by atoms with Gasteiger partial charge in [0.05, 0.1) is 17.5 Å². The summed E-state index contributed by atoms with van der Waals surface area (Å²) in [7, 11) is 0. The molecule has 1 saturated heterocycles. The number of phenols is 1. The van der Waals surface area contributed by atoms with Crippen molar-refractivity contribution >= 4 is 17.5 Å². The minimum atomic E-state index is -0.145. The molecule has 1 heterocycles. The van der Waals surface area contributed by atoms with E-state index in [1.807, 2.05) is 0 Å². The number of carbonyl (C=O) groups excluding carboxylic acids is 2. The monoisotopic (exact) mass is 245 g/mol. The molecule has 0 spiro atoms. The van der Waals surface area contributed by atoms with Crippen LogP contribution in [-0.2, 0) is 9.59 Å². The Morgan fingerprint density at radius 3 is 2.22 bits per heavy atom. The smallest absolute Gasteiger partial charge is 0.237 e. The number of aromatic hydroxyl groups is 1. The topological polar surface area (TPSA) is 57.6 Å². The highest BCUT2D eigenvalue weighted by molar-refractivity contribution is 6.22. The molecule has 2 aliphatic rings. The molecular formula is C14H15NO3. The first-order chi connectivity index (χ1) is 8.68. The summed E-state index contributed by atoms with van der Waals surface area (Å²) in [6.45, 7) is 0. The van der Waals surface area contributed by atoms with Gasteiger partial charge < -0.3 is 5.11 Å². The number of rotatable bonds is 1. The molecule has 1 saturated carbocycles. The second kappa shape index (κ2) is 4.12. The highest BCUT2D eigenvalue weighted by Gasteiger charge is 2.48. The van der Waals surface area contributed by atoms with E-state index in [0.717, 1.165) is 25.7 Å². The van der Waals surface area contributed by atoms with E-state index >= 15 is 0 Å². The Bertz CT molecular complexity index is 488. The summed E-state index contributed by atoms with van der Waals surface area (Å²) < 4.78 is 0. The van der Waals surface area contributed by atoms with Gasteiger partial charge in [0.2, 0.25) is 11.8 Å². The summed E-state index contributed by atoms with van der Waals surface area (Å²) in [6.07, 6.45) is 3.66. The molecule has 94 valence electrons. The number of phenolic OH excluding ortho intramolecular Hbond substituents is 1. The Morgan fingerprint density at radius 2 is 1.67 bits per heavy atom. The first-order valence-corrected chi connectivity index (χ1v) is 6.35. The predicted octanol–water partition coefficient (Wildman–Crippen LogP) is 2.07. The van der Waals surface area contributed by atoms with E-state index in [4.69, 9.17) is 0 Å². The molecule has 0 bridgehead atoms. The molecule has 4 heteroatoms. The van der Waals surface area contributed by atoms with Crippen molar-refractivity contribution in [3.05, 3.63) is 24.3 Å². The van der Waals surface area contributed by atoms with Crippen LogP contribution in [0.1, 0.15) is 25.7 Å². The average molecular weight is 245 g/mol. The summed E-state index contributed by atoms with van der Waals surface area (Å²) in [5.74, 6) is -0.421. The van der Waals surface area contributed by atoms with Gasteiger partial charge in [-0.25, -0.2) is 4.90 Å². The van der Waals surface area contributed by atoms with Gasteiger partial charge in [0.15, 0.2) is 0 Å². The van der Waals surface area contributed by atoms with E-state index in [2.05, 4.69) is 0 Å². The lowest BCUT2D eigenvalue weighted by Gasteiger charge is -2.19. The molecular weight excluding hydrogens is 230 g/mol. The minimum absolute atomic E-state index is 0.0722. The van der Waals surface area contributed by atoms with Crippen LogP contribution in [0.25, 0.3) is 0 Å². The molecule has 0 unspecified atom stereocenters. The Morgan fingerprint density at radius 1 is 1.06 bits per heavy atom. The van der Waals surface area contributed by atoms with Crippen LogP contribution in [0.3, 0.4) is 0 Å². The van der Waals surface area contributed by atoms with Crippen molar-refractivity contribution < 1.29 is 14.7 Å². The van der Waals surface area contributed by atoms with Crippen LogP contribution >= 0.6 is 0 Å². The Hall–Kier alpha value is -1.84. The van der Waals surface area contributed by atoms with E-state index in [1.165, 1.54) is 17.0 Å². The Balaban J connectivity index is 1.97. The van der Waals surface area contributed by atoms with Crippen molar-refractivity contribution in [1.29, 1.82) is 0 Å². The lowest BCUT2D eigenvalue weighted by molar-refractivity contribution is -0.122. The zero-order valence-electron chi connectivity index (χ0n) is 10.0. The third-order valence-electron chi connectivity index (χ3n) is 3.93. The van der Waals surface area contributed by atoms with Crippen molar-refractivity contribution in [2.75, 3.05) is 4.90 Å². The maximum absolute atomic E-state index is 12.3. The number of hydrogen-bond donors (Lipinski definition) is 1. The fourth-order valence-corrected chi connectivity index (χ4v) is 3.05. The SMILES string of the molecule is O=C1[C@@H]2CCCC[C@H]2C(=O)N1c1cccc(O)c1. The summed E-state index contributed by atoms with van der Waals surface area (Å²) in [5.41, 5.74) is 0.486. The van der Waals surface area contributed by atoms with Gasteiger partial charge in [-0.05, 0) is 25.0 Å². The molecule has 1 aliphatic carbocycles. The molecule has 0 aromatic heterocycles. The van der Waals surface area contributed by atoms with E-state index in [0.29, 0.717) is 5.69 Å². The van der Waals surface area contributed by atoms with Gasteiger partial charge in [-0.15, -0.1) is 0 Å². The number of anilines is 1. The lowest BCUT2D eigenvalue weighted by Crippen LogP contribution is -2.30. The van der Waals surface area contributed by atoms with Crippen molar-refractivity contribution in [1.82, 2.24) is 0 Å². The lowest BCUT2D eigenvalue weighted by atomic mass is 9.81. The third-order valence-corrected chi connectivity index (χ3v) is 3.93. The van der Waals surface area contributed by atoms with Gasteiger partial charge >= 0.3 is 0 Å². The van der Waals surface area contributed by atoms with Gasteiger partial charge in [-0.2, -0.15) is 0 Å². The molecule has 1 aromatic rings. The Kier molecular flexibility index (Phi) is 2.58. The molecule has 2 atom stereocenters. The molecule has 2 fully saturated rings. The number of hydrogen-bond acceptors (Lipinski definition) is 3. The molecule has 2 amide bonds. The van der Waals surface area contributed by atoms with Crippen LogP contribution in [0, 0.1) is 11.8 Å². The first kappa shape index (κ1) is 11.3. The van der Waals surface area contributed by atoms with Gasteiger partial charge in [0.25, 0.3) is 0 Å². The number of imide groups is 1. The second-order valence-corrected chi connectivity index (χ2v) is 5.03. The maximum Gasteiger partial charge on any atom is 0.237 e. The van der Waals surface area contributed by atoms with Crippen molar-refractivity contribution in [3.8, 4) is 5.75 Å².